The minimum absolute atomic E-state index is 0.0855. The van der Waals surface area contributed by atoms with Gasteiger partial charge in [-0.05, 0) is 43.5 Å². The van der Waals surface area contributed by atoms with E-state index < -0.39 is 15.7 Å². The second-order valence-corrected chi connectivity index (χ2v) is 10.9. The Morgan fingerprint density at radius 3 is 2.44 bits per heavy atom. The van der Waals surface area contributed by atoms with E-state index in [1.54, 1.807) is 6.92 Å². The lowest BCUT2D eigenvalue weighted by molar-refractivity contribution is -0.120. The van der Waals surface area contributed by atoms with Gasteiger partial charge >= 0.3 is 0 Å². The summed E-state index contributed by atoms with van der Waals surface area (Å²) in [5.74, 6) is -0.316. The SMILES string of the molecule is Cc1c(Oc2ccc(S(C)(=O)=O)cc2F)ncnc1OC1CCN(CC(=O)Cc2ccccc2)CC1. The molecule has 0 amide bonds. The van der Waals surface area contributed by atoms with Gasteiger partial charge in [0.05, 0.1) is 17.0 Å². The van der Waals surface area contributed by atoms with E-state index in [-0.39, 0.29) is 28.4 Å². The van der Waals surface area contributed by atoms with Crippen molar-refractivity contribution in [1.29, 1.82) is 0 Å². The van der Waals surface area contributed by atoms with E-state index in [1.807, 2.05) is 30.3 Å². The first-order valence-corrected chi connectivity index (χ1v) is 13.5. The number of ether oxygens (including phenoxy) is 2. The van der Waals surface area contributed by atoms with Gasteiger partial charge in [-0.3, -0.25) is 9.69 Å². The van der Waals surface area contributed by atoms with Crippen LogP contribution in [-0.4, -0.2) is 61.1 Å². The van der Waals surface area contributed by atoms with Gasteiger partial charge in [0.25, 0.3) is 0 Å². The van der Waals surface area contributed by atoms with Crippen LogP contribution in [0.3, 0.4) is 0 Å². The van der Waals surface area contributed by atoms with Crippen LogP contribution >= 0.6 is 0 Å². The molecule has 36 heavy (non-hydrogen) atoms. The summed E-state index contributed by atoms with van der Waals surface area (Å²) < 4.78 is 49.4. The number of Topliss-reactive ketones (excluding diaryl/α,β-unsaturated/α-hetero) is 1. The fourth-order valence-corrected chi connectivity index (χ4v) is 4.64. The Balaban J connectivity index is 1.33. The molecule has 4 rings (SSSR count). The molecule has 0 aliphatic carbocycles. The van der Waals surface area contributed by atoms with Crippen molar-refractivity contribution in [1.82, 2.24) is 14.9 Å². The molecule has 0 N–H and O–H groups in total. The van der Waals surface area contributed by atoms with Crippen LogP contribution in [-0.2, 0) is 21.1 Å². The zero-order valence-corrected chi connectivity index (χ0v) is 21.0. The standard InChI is InChI=1S/C26H28FN3O5S/c1-18-25(28-17-29-26(18)35-24-9-8-22(15-23(24)27)36(2,32)33)34-21-10-12-30(13-11-21)16-20(31)14-19-6-4-3-5-7-19/h3-9,15,17,21H,10-14,16H2,1-2H3. The Morgan fingerprint density at radius 2 is 1.78 bits per heavy atom. The van der Waals surface area contributed by atoms with Gasteiger partial charge in [0, 0.05) is 25.8 Å². The highest BCUT2D eigenvalue weighted by Gasteiger charge is 2.24. The lowest BCUT2D eigenvalue weighted by Gasteiger charge is -2.31. The molecule has 2 aromatic carbocycles. The molecule has 2 heterocycles. The number of likely N-dealkylation sites (tertiary alicyclic amines) is 1. The van der Waals surface area contributed by atoms with Crippen LogP contribution in [0.4, 0.5) is 4.39 Å². The molecule has 190 valence electrons. The van der Waals surface area contributed by atoms with Crippen LogP contribution in [0, 0.1) is 12.7 Å². The van der Waals surface area contributed by atoms with Crippen molar-refractivity contribution < 1.29 is 27.1 Å². The maximum atomic E-state index is 14.4. The molecular formula is C26H28FN3O5S. The number of ketones is 1. The monoisotopic (exact) mass is 513 g/mol. The molecule has 3 aromatic rings. The van der Waals surface area contributed by atoms with Gasteiger partial charge < -0.3 is 9.47 Å². The minimum atomic E-state index is -3.53. The molecular weight excluding hydrogens is 485 g/mol. The number of carbonyl (C=O) groups is 1. The molecule has 8 nitrogen and oxygen atoms in total. The maximum absolute atomic E-state index is 14.4. The van der Waals surface area contributed by atoms with Gasteiger partial charge in [-0.2, -0.15) is 0 Å². The summed E-state index contributed by atoms with van der Waals surface area (Å²) in [6, 6.07) is 13.2. The number of benzene rings is 2. The minimum Gasteiger partial charge on any atom is -0.474 e. The predicted octanol–water partition coefficient (Wildman–Crippen LogP) is 3.77. The lowest BCUT2D eigenvalue weighted by atomic mass is 10.1. The van der Waals surface area contributed by atoms with Crippen LogP contribution in [0.5, 0.6) is 17.5 Å². The van der Waals surface area contributed by atoms with Crippen molar-refractivity contribution in [2.75, 3.05) is 25.9 Å². The fourth-order valence-electron chi connectivity index (χ4n) is 4.01. The first-order valence-electron chi connectivity index (χ1n) is 11.6. The number of hydrogen-bond donors (Lipinski definition) is 0. The van der Waals surface area contributed by atoms with Gasteiger partial charge in [0.15, 0.2) is 27.2 Å². The quantitative estimate of drug-likeness (QED) is 0.426. The van der Waals surface area contributed by atoms with Gasteiger partial charge in [-0.1, -0.05) is 30.3 Å². The van der Waals surface area contributed by atoms with Crippen LogP contribution in [0.2, 0.25) is 0 Å². The summed E-state index contributed by atoms with van der Waals surface area (Å²) >= 11 is 0. The normalized spacial score (nSPS) is 15.0. The Bertz CT molecular complexity index is 1330. The number of carbonyl (C=O) groups excluding carboxylic acids is 1. The smallest absolute Gasteiger partial charge is 0.229 e. The van der Waals surface area contributed by atoms with E-state index >= 15 is 0 Å². The van der Waals surface area contributed by atoms with Crippen molar-refractivity contribution in [3.63, 3.8) is 0 Å². The van der Waals surface area contributed by atoms with Crippen LogP contribution in [0.25, 0.3) is 0 Å². The number of rotatable bonds is 9. The average Bonchev–Trinajstić information content (AvgIpc) is 2.84. The number of sulfone groups is 1. The highest BCUT2D eigenvalue weighted by Crippen LogP contribution is 2.31. The van der Waals surface area contributed by atoms with Crippen molar-refractivity contribution in [3.8, 4) is 17.5 Å². The van der Waals surface area contributed by atoms with Crippen molar-refractivity contribution in [2.24, 2.45) is 0 Å². The fraction of sp³-hybridized carbons (Fsp3) is 0.346. The largest absolute Gasteiger partial charge is 0.474 e. The molecule has 0 radical (unpaired) electrons. The van der Waals surface area contributed by atoms with Crippen molar-refractivity contribution in [2.45, 2.75) is 37.2 Å². The van der Waals surface area contributed by atoms with Crippen molar-refractivity contribution in [3.05, 3.63) is 71.8 Å². The Kier molecular flexibility index (Phi) is 7.95. The molecule has 0 bridgehead atoms. The molecule has 1 aliphatic rings. The molecule has 1 aromatic heterocycles. The van der Waals surface area contributed by atoms with Crippen LogP contribution in [0.15, 0.2) is 59.8 Å². The van der Waals surface area contributed by atoms with Gasteiger partial charge in [0.1, 0.15) is 12.4 Å². The summed E-state index contributed by atoms with van der Waals surface area (Å²) in [4.78, 5) is 22.7. The molecule has 0 saturated carbocycles. The number of piperidine rings is 1. The van der Waals surface area contributed by atoms with E-state index in [0.717, 1.165) is 43.8 Å². The number of hydrogen-bond acceptors (Lipinski definition) is 8. The Morgan fingerprint density at radius 1 is 1.08 bits per heavy atom. The first kappa shape index (κ1) is 25.7. The highest BCUT2D eigenvalue weighted by molar-refractivity contribution is 7.90. The second kappa shape index (κ2) is 11.1. The van der Waals surface area contributed by atoms with E-state index in [4.69, 9.17) is 9.47 Å². The van der Waals surface area contributed by atoms with E-state index in [0.29, 0.717) is 24.4 Å². The molecule has 0 spiro atoms. The van der Waals surface area contributed by atoms with Crippen LogP contribution in [0.1, 0.15) is 24.0 Å². The zero-order valence-electron chi connectivity index (χ0n) is 20.2. The Labute approximate surface area is 210 Å². The second-order valence-electron chi connectivity index (χ2n) is 8.87. The van der Waals surface area contributed by atoms with E-state index in [9.17, 15) is 17.6 Å². The predicted molar refractivity (Wildman–Crippen MR) is 132 cm³/mol. The van der Waals surface area contributed by atoms with Crippen molar-refractivity contribution >= 4 is 15.6 Å². The molecule has 1 saturated heterocycles. The average molecular weight is 514 g/mol. The van der Waals surface area contributed by atoms with Gasteiger partial charge in [0.2, 0.25) is 11.8 Å². The molecule has 1 aliphatic heterocycles. The lowest BCUT2D eigenvalue weighted by Crippen LogP contribution is -2.41. The zero-order chi connectivity index (χ0) is 25.7. The van der Waals surface area contributed by atoms with E-state index in [2.05, 4.69) is 14.9 Å². The molecule has 1 fully saturated rings. The Hall–Kier alpha value is -3.37. The third-order valence-electron chi connectivity index (χ3n) is 5.99. The summed E-state index contributed by atoms with van der Waals surface area (Å²) in [6.07, 6.45) is 4.10. The van der Waals surface area contributed by atoms with Crippen LogP contribution < -0.4 is 9.47 Å². The third-order valence-corrected chi connectivity index (χ3v) is 7.10. The summed E-state index contributed by atoms with van der Waals surface area (Å²) in [6.45, 7) is 3.59. The summed E-state index contributed by atoms with van der Waals surface area (Å²) in [5, 5.41) is 0. The molecule has 0 unspecified atom stereocenters. The molecule has 10 heteroatoms. The number of nitrogens with zero attached hydrogens (tertiary/aromatic N) is 3. The summed E-state index contributed by atoms with van der Waals surface area (Å²) in [7, 11) is -3.53. The topological polar surface area (TPSA) is 98.7 Å². The van der Waals surface area contributed by atoms with Gasteiger partial charge in [-0.25, -0.2) is 22.8 Å². The third kappa shape index (κ3) is 6.64. The van der Waals surface area contributed by atoms with Gasteiger partial charge in [-0.15, -0.1) is 0 Å². The number of aromatic nitrogens is 2. The molecule has 0 atom stereocenters. The maximum Gasteiger partial charge on any atom is 0.229 e. The number of halogens is 1. The summed E-state index contributed by atoms with van der Waals surface area (Å²) in [5.41, 5.74) is 1.52. The first-order chi connectivity index (χ1) is 17.2. The highest BCUT2D eigenvalue weighted by atomic mass is 32.2. The van der Waals surface area contributed by atoms with E-state index in [1.165, 1.54) is 18.5 Å².